The maximum Gasteiger partial charge on any atom is 0.338 e. The van der Waals surface area contributed by atoms with Gasteiger partial charge in [-0.15, -0.1) is 0 Å². The van der Waals surface area contributed by atoms with Crippen molar-refractivity contribution in [3.8, 4) is 0 Å². The second kappa shape index (κ2) is 7.62. The molecule has 0 radical (unpaired) electrons. The normalized spacial score (nSPS) is 14.2. The summed E-state index contributed by atoms with van der Waals surface area (Å²) >= 11 is 0. The number of allylic oxidation sites excluding steroid dienone is 1. The number of ether oxygens (including phenoxy) is 1. The molecule has 21 heavy (non-hydrogen) atoms. The third-order valence-corrected chi connectivity index (χ3v) is 3.45. The first-order valence-corrected chi connectivity index (χ1v) is 7.44. The Hall–Kier alpha value is -2.10. The summed E-state index contributed by atoms with van der Waals surface area (Å²) in [6.07, 6.45) is 7.13. The fourth-order valence-corrected chi connectivity index (χ4v) is 2.38. The Kier molecular flexibility index (Phi) is 5.55. The Morgan fingerprint density at radius 2 is 1.95 bits per heavy atom. The van der Waals surface area contributed by atoms with E-state index in [0.29, 0.717) is 24.3 Å². The molecule has 0 aliphatic heterocycles. The van der Waals surface area contributed by atoms with Gasteiger partial charge in [0.25, 0.3) is 0 Å². The first kappa shape index (κ1) is 15.3. The zero-order valence-corrected chi connectivity index (χ0v) is 12.4. The Morgan fingerprint density at radius 1 is 1.19 bits per heavy atom. The van der Waals surface area contributed by atoms with Crippen molar-refractivity contribution in [3.05, 3.63) is 41.5 Å². The highest BCUT2D eigenvalue weighted by Crippen LogP contribution is 2.20. The summed E-state index contributed by atoms with van der Waals surface area (Å²) in [6.45, 7) is 2.12. The fourth-order valence-electron chi connectivity index (χ4n) is 2.38. The first-order chi connectivity index (χ1) is 10.2. The average Bonchev–Trinajstić information content (AvgIpc) is 2.49. The molecule has 4 nitrogen and oxygen atoms in total. The SMILES string of the molecule is CCOC(=O)c1ccc(NC(=O)CC2=CCCCC2)cc1. The molecule has 1 amide bonds. The van der Waals surface area contributed by atoms with E-state index in [1.54, 1.807) is 31.2 Å². The van der Waals surface area contributed by atoms with Gasteiger partial charge >= 0.3 is 5.97 Å². The maximum atomic E-state index is 12.0. The van der Waals surface area contributed by atoms with Crippen molar-refractivity contribution < 1.29 is 14.3 Å². The van der Waals surface area contributed by atoms with Gasteiger partial charge in [0.05, 0.1) is 12.2 Å². The lowest BCUT2D eigenvalue weighted by Crippen LogP contribution is -2.13. The molecule has 0 bridgehead atoms. The molecular weight excluding hydrogens is 266 g/mol. The van der Waals surface area contributed by atoms with E-state index in [-0.39, 0.29) is 11.9 Å². The van der Waals surface area contributed by atoms with Crippen molar-refractivity contribution in [1.82, 2.24) is 0 Å². The van der Waals surface area contributed by atoms with E-state index >= 15 is 0 Å². The van der Waals surface area contributed by atoms with Crippen LogP contribution >= 0.6 is 0 Å². The lowest BCUT2D eigenvalue weighted by atomic mass is 9.97. The number of benzene rings is 1. The van der Waals surface area contributed by atoms with Crippen molar-refractivity contribution >= 4 is 17.6 Å². The van der Waals surface area contributed by atoms with Gasteiger partial charge in [0, 0.05) is 12.1 Å². The fraction of sp³-hybridized carbons (Fsp3) is 0.412. The first-order valence-electron chi connectivity index (χ1n) is 7.44. The predicted molar refractivity (Wildman–Crippen MR) is 82.2 cm³/mol. The third-order valence-electron chi connectivity index (χ3n) is 3.45. The second-order valence-corrected chi connectivity index (χ2v) is 5.13. The topological polar surface area (TPSA) is 55.4 Å². The van der Waals surface area contributed by atoms with Gasteiger partial charge in [-0.1, -0.05) is 11.6 Å². The molecule has 1 aliphatic rings. The summed E-state index contributed by atoms with van der Waals surface area (Å²) < 4.78 is 4.92. The molecule has 0 unspecified atom stereocenters. The highest BCUT2D eigenvalue weighted by Gasteiger charge is 2.10. The monoisotopic (exact) mass is 287 g/mol. The molecule has 1 aliphatic carbocycles. The highest BCUT2D eigenvalue weighted by atomic mass is 16.5. The second-order valence-electron chi connectivity index (χ2n) is 5.13. The minimum Gasteiger partial charge on any atom is -0.462 e. The van der Waals surface area contributed by atoms with Crippen LogP contribution in [0.5, 0.6) is 0 Å². The molecule has 2 rings (SSSR count). The van der Waals surface area contributed by atoms with E-state index in [1.165, 1.54) is 18.4 Å². The molecule has 0 fully saturated rings. The molecular formula is C17H21NO3. The number of amides is 1. The van der Waals surface area contributed by atoms with E-state index in [2.05, 4.69) is 11.4 Å². The number of carbonyl (C=O) groups excluding carboxylic acids is 2. The van der Waals surface area contributed by atoms with E-state index < -0.39 is 0 Å². The minimum absolute atomic E-state index is 0.00738. The lowest BCUT2D eigenvalue weighted by Gasteiger charge is -2.12. The molecule has 1 aromatic rings. The third kappa shape index (κ3) is 4.74. The van der Waals surface area contributed by atoms with Crippen LogP contribution in [0.4, 0.5) is 5.69 Å². The summed E-state index contributed by atoms with van der Waals surface area (Å²) in [6, 6.07) is 6.76. The van der Waals surface area contributed by atoms with Crippen LogP contribution in [0.3, 0.4) is 0 Å². The molecule has 0 saturated carbocycles. The van der Waals surface area contributed by atoms with Crippen LogP contribution in [0.1, 0.15) is 49.4 Å². The summed E-state index contributed by atoms with van der Waals surface area (Å²) in [5.41, 5.74) is 2.41. The van der Waals surface area contributed by atoms with Gasteiger partial charge in [-0.05, 0) is 56.9 Å². The molecule has 1 N–H and O–H groups in total. The molecule has 0 spiro atoms. The highest BCUT2D eigenvalue weighted by molar-refractivity contribution is 5.94. The number of hydrogen-bond acceptors (Lipinski definition) is 3. The number of anilines is 1. The minimum atomic E-state index is -0.345. The van der Waals surface area contributed by atoms with Gasteiger partial charge in [-0.25, -0.2) is 4.79 Å². The van der Waals surface area contributed by atoms with Crippen molar-refractivity contribution in [3.63, 3.8) is 0 Å². The van der Waals surface area contributed by atoms with Crippen LogP contribution in [-0.4, -0.2) is 18.5 Å². The largest absolute Gasteiger partial charge is 0.462 e. The van der Waals surface area contributed by atoms with Crippen LogP contribution in [-0.2, 0) is 9.53 Å². The Balaban J connectivity index is 1.89. The van der Waals surface area contributed by atoms with Gasteiger partial charge in [0.2, 0.25) is 5.91 Å². The Labute approximate surface area is 125 Å². The van der Waals surface area contributed by atoms with E-state index in [1.807, 2.05) is 0 Å². The molecule has 112 valence electrons. The maximum absolute atomic E-state index is 12.0. The summed E-state index contributed by atoms with van der Waals surface area (Å²) in [4.78, 5) is 23.5. The average molecular weight is 287 g/mol. The number of nitrogens with one attached hydrogen (secondary N) is 1. The number of esters is 1. The molecule has 4 heteroatoms. The predicted octanol–water partition coefficient (Wildman–Crippen LogP) is 3.69. The molecule has 0 heterocycles. The number of rotatable bonds is 5. The van der Waals surface area contributed by atoms with Crippen molar-refractivity contribution in [2.45, 2.75) is 39.0 Å². The van der Waals surface area contributed by atoms with Gasteiger partial charge in [-0.3, -0.25) is 4.79 Å². The van der Waals surface area contributed by atoms with E-state index in [0.717, 1.165) is 12.8 Å². The van der Waals surface area contributed by atoms with Crippen LogP contribution < -0.4 is 5.32 Å². The zero-order chi connectivity index (χ0) is 15.1. The molecule has 0 atom stereocenters. The van der Waals surface area contributed by atoms with Crippen molar-refractivity contribution in [2.75, 3.05) is 11.9 Å². The van der Waals surface area contributed by atoms with Crippen LogP contribution in [0.25, 0.3) is 0 Å². The van der Waals surface area contributed by atoms with Crippen LogP contribution in [0, 0.1) is 0 Å². The number of hydrogen-bond donors (Lipinski definition) is 1. The van der Waals surface area contributed by atoms with E-state index in [4.69, 9.17) is 4.74 Å². The van der Waals surface area contributed by atoms with Crippen molar-refractivity contribution in [1.29, 1.82) is 0 Å². The van der Waals surface area contributed by atoms with Gasteiger partial charge in [0.1, 0.15) is 0 Å². The van der Waals surface area contributed by atoms with Crippen LogP contribution in [0.2, 0.25) is 0 Å². The molecule has 1 aromatic carbocycles. The zero-order valence-electron chi connectivity index (χ0n) is 12.4. The quantitative estimate of drug-likeness (QED) is 0.663. The van der Waals surface area contributed by atoms with Crippen molar-refractivity contribution in [2.24, 2.45) is 0 Å². The van der Waals surface area contributed by atoms with Crippen LogP contribution in [0.15, 0.2) is 35.9 Å². The standard InChI is InChI=1S/C17H21NO3/c1-2-21-17(20)14-8-10-15(11-9-14)18-16(19)12-13-6-4-3-5-7-13/h6,8-11H,2-5,7,12H2,1H3,(H,18,19). The lowest BCUT2D eigenvalue weighted by molar-refractivity contribution is -0.115. The van der Waals surface area contributed by atoms with E-state index in [9.17, 15) is 9.59 Å². The van der Waals surface area contributed by atoms with Gasteiger partial charge < -0.3 is 10.1 Å². The summed E-state index contributed by atoms with van der Waals surface area (Å²) in [5.74, 6) is -0.352. The van der Waals surface area contributed by atoms with Gasteiger partial charge in [-0.2, -0.15) is 0 Å². The Morgan fingerprint density at radius 3 is 2.57 bits per heavy atom. The molecule has 0 aromatic heterocycles. The smallest absolute Gasteiger partial charge is 0.338 e. The number of carbonyl (C=O) groups is 2. The Bertz CT molecular complexity index is 531. The van der Waals surface area contributed by atoms with Gasteiger partial charge in [0.15, 0.2) is 0 Å². The summed E-state index contributed by atoms with van der Waals surface area (Å²) in [5, 5.41) is 2.86. The summed E-state index contributed by atoms with van der Waals surface area (Å²) in [7, 11) is 0. The molecule has 0 saturated heterocycles.